The van der Waals surface area contributed by atoms with Crippen LogP contribution in [0.15, 0.2) is 60.7 Å². The van der Waals surface area contributed by atoms with Gasteiger partial charge < -0.3 is 5.32 Å². The number of rotatable bonds is 6. The van der Waals surface area contributed by atoms with Gasteiger partial charge in [-0.05, 0) is 95.9 Å². The lowest BCUT2D eigenvalue weighted by Gasteiger charge is -2.08. The molecule has 0 radical (unpaired) electrons. The van der Waals surface area contributed by atoms with Crippen molar-refractivity contribution < 1.29 is 4.79 Å². The number of aromatic nitrogens is 3. The van der Waals surface area contributed by atoms with Gasteiger partial charge in [0, 0.05) is 14.8 Å². The minimum Gasteiger partial charge on any atom is -0.322 e. The van der Waals surface area contributed by atoms with Crippen LogP contribution in [0.5, 0.6) is 0 Å². The van der Waals surface area contributed by atoms with E-state index < -0.39 is 0 Å². The van der Waals surface area contributed by atoms with E-state index in [1.54, 1.807) is 4.80 Å². The van der Waals surface area contributed by atoms with E-state index in [9.17, 15) is 4.79 Å². The third-order valence-electron chi connectivity index (χ3n) is 5.05. The van der Waals surface area contributed by atoms with Gasteiger partial charge in [-0.1, -0.05) is 31.5 Å². The summed E-state index contributed by atoms with van der Waals surface area (Å²) in [7, 11) is 0. The van der Waals surface area contributed by atoms with Gasteiger partial charge in [-0.15, -0.1) is 10.2 Å². The summed E-state index contributed by atoms with van der Waals surface area (Å²) < 4.78 is 1.02. The van der Waals surface area contributed by atoms with E-state index >= 15 is 0 Å². The van der Waals surface area contributed by atoms with E-state index in [2.05, 4.69) is 69.3 Å². The molecule has 0 spiro atoms. The Morgan fingerprint density at radius 3 is 2.47 bits per heavy atom. The molecule has 1 N–H and O–H groups in total. The molecule has 0 bridgehead atoms. The largest absolute Gasteiger partial charge is 0.322 e. The topological polar surface area (TPSA) is 59.8 Å². The smallest absolute Gasteiger partial charge is 0.255 e. The minimum absolute atomic E-state index is 0.133. The lowest BCUT2D eigenvalue weighted by Crippen LogP contribution is -2.12. The molecule has 1 heterocycles. The van der Waals surface area contributed by atoms with Crippen molar-refractivity contribution in [3.8, 4) is 5.69 Å². The monoisotopic (exact) mass is 510 g/mol. The number of amides is 1. The highest BCUT2D eigenvalue weighted by molar-refractivity contribution is 14.1. The number of halogens is 1. The van der Waals surface area contributed by atoms with Gasteiger partial charge in [-0.25, -0.2) is 0 Å². The molecule has 0 atom stereocenters. The van der Waals surface area contributed by atoms with Crippen LogP contribution in [0.4, 0.5) is 5.69 Å². The summed E-state index contributed by atoms with van der Waals surface area (Å²) in [5.41, 5.74) is 6.12. The molecular formula is C24H23IN4O. The lowest BCUT2D eigenvalue weighted by atomic mass is 10.1. The molecule has 0 aliphatic carbocycles. The Balaban J connectivity index is 1.59. The van der Waals surface area contributed by atoms with Crippen LogP contribution in [0.2, 0.25) is 0 Å². The SMILES string of the molecule is CCCCc1ccc(-n2nc3cc(C)c(NC(=O)c4cccc(I)c4)cc3n2)cc1. The molecular weight excluding hydrogens is 487 g/mol. The Hall–Kier alpha value is -2.74. The Kier molecular flexibility index (Phi) is 6.13. The Labute approximate surface area is 189 Å². The molecule has 0 aliphatic heterocycles. The summed E-state index contributed by atoms with van der Waals surface area (Å²) in [6, 6.07) is 19.7. The predicted molar refractivity (Wildman–Crippen MR) is 129 cm³/mol. The quantitative estimate of drug-likeness (QED) is 0.327. The summed E-state index contributed by atoms with van der Waals surface area (Å²) in [5.74, 6) is -0.133. The summed E-state index contributed by atoms with van der Waals surface area (Å²) >= 11 is 2.20. The van der Waals surface area contributed by atoms with Crippen molar-refractivity contribution in [3.63, 3.8) is 0 Å². The van der Waals surface area contributed by atoms with Crippen LogP contribution in [-0.4, -0.2) is 20.9 Å². The number of fused-ring (bicyclic) bond motifs is 1. The van der Waals surface area contributed by atoms with Crippen LogP contribution >= 0.6 is 22.6 Å². The number of nitrogens with one attached hydrogen (secondary N) is 1. The molecule has 6 heteroatoms. The second-order valence-corrected chi connectivity index (χ2v) is 8.63. The number of aryl methyl sites for hydroxylation is 2. The molecule has 0 saturated carbocycles. The van der Waals surface area contributed by atoms with Crippen molar-refractivity contribution in [2.24, 2.45) is 0 Å². The van der Waals surface area contributed by atoms with Gasteiger partial charge in [-0.2, -0.15) is 4.80 Å². The first-order valence-corrected chi connectivity index (χ1v) is 11.2. The second-order valence-electron chi connectivity index (χ2n) is 7.38. The van der Waals surface area contributed by atoms with Crippen molar-refractivity contribution in [2.75, 3.05) is 5.32 Å². The number of carbonyl (C=O) groups excluding carboxylic acids is 1. The molecule has 3 aromatic carbocycles. The van der Waals surface area contributed by atoms with Crippen LogP contribution < -0.4 is 5.32 Å². The summed E-state index contributed by atoms with van der Waals surface area (Å²) in [6.45, 7) is 4.16. The lowest BCUT2D eigenvalue weighted by molar-refractivity contribution is 0.102. The number of nitrogens with zero attached hydrogens (tertiary/aromatic N) is 3. The highest BCUT2D eigenvalue weighted by atomic mass is 127. The van der Waals surface area contributed by atoms with E-state index in [1.165, 1.54) is 18.4 Å². The van der Waals surface area contributed by atoms with Crippen molar-refractivity contribution in [2.45, 2.75) is 33.1 Å². The average Bonchev–Trinajstić information content (AvgIpc) is 3.15. The number of benzene rings is 3. The van der Waals surface area contributed by atoms with Gasteiger partial charge >= 0.3 is 0 Å². The van der Waals surface area contributed by atoms with Gasteiger partial charge in [0.05, 0.1) is 5.69 Å². The van der Waals surface area contributed by atoms with Crippen LogP contribution in [0.25, 0.3) is 16.7 Å². The fourth-order valence-electron chi connectivity index (χ4n) is 3.32. The molecule has 152 valence electrons. The zero-order chi connectivity index (χ0) is 21.1. The van der Waals surface area contributed by atoms with Crippen molar-refractivity contribution in [3.05, 3.63) is 80.9 Å². The molecule has 4 rings (SSSR count). The van der Waals surface area contributed by atoms with Crippen molar-refractivity contribution in [1.82, 2.24) is 15.0 Å². The number of anilines is 1. The van der Waals surface area contributed by atoms with Crippen LogP contribution in [0.1, 0.15) is 41.3 Å². The first kappa shape index (κ1) is 20.5. The molecule has 30 heavy (non-hydrogen) atoms. The highest BCUT2D eigenvalue weighted by Gasteiger charge is 2.12. The van der Waals surface area contributed by atoms with Gasteiger partial charge in [0.25, 0.3) is 5.91 Å². The molecule has 0 saturated heterocycles. The zero-order valence-corrected chi connectivity index (χ0v) is 19.2. The maximum atomic E-state index is 12.6. The van der Waals surface area contributed by atoms with Gasteiger partial charge in [-0.3, -0.25) is 4.79 Å². The molecule has 0 unspecified atom stereocenters. The molecule has 0 fully saturated rings. The van der Waals surface area contributed by atoms with E-state index in [-0.39, 0.29) is 5.91 Å². The van der Waals surface area contributed by atoms with Crippen LogP contribution in [0, 0.1) is 10.5 Å². The van der Waals surface area contributed by atoms with Crippen molar-refractivity contribution >= 4 is 45.2 Å². The third-order valence-corrected chi connectivity index (χ3v) is 5.72. The van der Waals surface area contributed by atoms with Gasteiger partial charge in [0.1, 0.15) is 11.0 Å². The van der Waals surface area contributed by atoms with Crippen LogP contribution in [0.3, 0.4) is 0 Å². The van der Waals surface area contributed by atoms with Crippen molar-refractivity contribution in [1.29, 1.82) is 0 Å². The van der Waals surface area contributed by atoms with E-state index in [0.717, 1.165) is 38.0 Å². The maximum absolute atomic E-state index is 12.6. The zero-order valence-electron chi connectivity index (χ0n) is 17.0. The van der Waals surface area contributed by atoms with E-state index in [0.29, 0.717) is 5.56 Å². The Morgan fingerprint density at radius 1 is 1.03 bits per heavy atom. The highest BCUT2D eigenvalue weighted by Crippen LogP contribution is 2.23. The molecule has 0 aliphatic rings. The standard InChI is InChI=1S/C24H23IN4O/c1-3-4-6-17-9-11-20(12-10-17)29-27-22-13-16(2)21(15-23(22)28-29)26-24(30)18-7-5-8-19(25)14-18/h5,7-15H,3-4,6H2,1-2H3,(H,26,30). The third kappa shape index (κ3) is 4.53. The Morgan fingerprint density at radius 2 is 1.77 bits per heavy atom. The molecule has 1 amide bonds. The fraction of sp³-hybridized carbons (Fsp3) is 0.208. The average molecular weight is 510 g/mol. The number of hydrogen-bond acceptors (Lipinski definition) is 3. The first-order valence-electron chi connectivity index (χ1n) is 10.1. The minimum atomic E-state index is -0.133. The van der Waals surface area contributed by atoms with Crippen LogP contribution in [-0.2, 0) is 6.42 Å². The predicted octanol–water partition coefficient (Wildman–Crippen LogP) is 5.93. The first-order chi connectivity index (χ1) is 14.5. The summed E-state index contributed by atoms with van der Waals surface area (Å²) in [4.78, 5) is 14.3. The van der Waals surface area contributed by atoms with E-state index in [1.807, 2.05) is 43.3 Å². The number of carbonyl (C=O) groups is 1. The molecule has 5 nitrogen and oxygen atoms in total. The maximum Gasteiger partial charge on any atom is 0.255 e. The summed E-state index contributed by atoms with van der Waals surface area (Å²) in [6.07, 6.45) is 3.47. The number of unbranched alkanes of at least 4 members (excludes halogenated alkanes) is 1. The number of hydrogen-bond donors (Lipinski definition) is 1. The normalized spacial score (nSPS) is 11.0. The Bertz CT molecular complexity index is 1200. The van der Waals surface area contributed by atoms with Gasteiger partial charge in [0.2, 0.25) is 0 Å². The summed E-state index contributed by atoms with van der Waals surface area (Å²) in [5, 5.41) is 12.2. The molecule has 1 aromatic heterocycles. The fourth-order valence-corrected chi connectivity index (χ4v) is 3.86. The van der Waals surface area contributed by atoms with E-state index in [4.69, 9.17) is 0 Å². The van der Waals surface area contributed by atoms with Gasteiger partial charge in [0.15, 0.2) is 0 Å². The molecule has 4 aromatic rings. The second kappa shape index (κ2) is 8.95.